The van der Waals surface area contributed by atoms with Crippen LogP contribution in [0.4, 0.5) is 5.69 Å². The quantitative estimate of drug-likeness (QED) is 0.652. The van der Waals surface area contributed by atoms with E-state index in [1.54, 1.807) is 6.07 Å². The second kappa shape index (κ2) is 5.59. The van der Waals surface area contributed by atoms with Gasteiger partial charge in [0.25, 0.3) is 0 Å². The fraction of sp³-hybridized carbons (Fsp3) is 0.400. The molecule has 94 valence electrons. The molecule has 1 aliphatic heterocycles. The summed E-state index contributed by atoms with van der Waals surface area (Å²) in [6.45, 7) is 1.89. The minimum Gasteiger partial charge on any atom is -0.478 e. The number of hydrogen-bond donors (Lipinski definition) is 1. The molecular formula is C15H17NO2. The number of benzene rings is 1. The Labute approximate surface area is 107 Å². The molecule has 18 heavy (non-hydrogen) atoms. The molecule has 0 amide bonds. The van der Waals surface area contributed by atoms with Crippen LogP contribution in [0.25, 0.3) is 0 Å². The summed E-state index contributed by atoms with van der Waals surface area (Å²) in [6, 6.07) is 5.52. The zero-order valence-electron chi connectivity index (χ0n) is 10.4. The number of nitrogens with zero attached hydrogens (tertiary/aromatic N) is 1. The van der Waals surface area contributed by atoms with E-state index in [1.165, 1.54) is 0 Å². The molecular weight excluding hydrogens is 226 g/mol. The summed E-state index contributed by atoms with van der Waals surface area (Å²) < 4.78 is 0. The molecule has 0 atom stereocenters. The van der Waals surface area contributed by atoms with Gasteiger partial charge in [0.1, 0.15) is 0 Å². The number of rotatable bonds is 4. The molecule has 2 rings (SSSR count). The van der Waals surface area contributed by atoms with Crippen molar-refractivity contribution in [3.05, 3.63) is 29.3 Å². The Morgan fingerprint density at radius 3 is 3.06 bits per heavy atom. The molecule has 0 saturated carbocycles. The van der Waals surface area contributed by atoms with Crippen molar-refractivity contribution in [2.24, 2.45) is 0 Å². The average molecular weight is 243 g/mol. The van der Waals surface area contributed by atoms with Gasteiger partial charge in [0, 0.05) is 25.2 Å². The molecule has 1 aromatic rings. The maximum Gasteiger partial charge on any atom is 0.336 e. The summed E-state index contributed by atoms with van der Waals surface area (Å²) in [4.78, 5) is 13.4. The molecule has 0 bridgehead atoms. The first-order valence-corrected chi connectivity index (χ1v) is 6.27. The van der Waals surface area contributed by atoms with Crippen LogP contribution in [0.1, 0.15) is 35.2 Å². The van der Waals surface area contributed by atoms with Gasteiger partial charge < -0.3 is 10.0 Å². The lowest BCUT2D eigenvalue weighted by atomic mass is 9.96. The largest absolute Gasteiger partial charge is 0.478 e. The van der Waals surface area contributed by atoms with Crippen molar-refractivity contribution in [1.82, 2.24) is 0 Å². The highest BCUT2D eigenvalue weighted by atomic mass is 16.4. The summed E-state index contributed by atoms with van der Waals surface area (Å²) in [6.07, 6.45) is 8.83. The minimum atomic E-state index is -0.836. The number of terminal acetylenes is 1. The van der Waals surface area contributed by atoms with Crippen molar-refractivity contribution in [2.75, 3.05) is 18.0 Å². The van der Waals surface area contributed by atoms with Gasteiger partial charge in [-0.2, -0.15) is 0 Å². The van der Waals surface area contributed by atoms with E-state index in [4.69, 9.17) is 6.42 Å². The van der Waals surface area contributed by atoms with Gasteiger partial charge in [0.2, 0.25) is 0 Å². The lowest BCUT2D eigenvalue weighted by molar-refractivity contribution is 0.0695. The molecule has 1 aromatic carbocycles. The average Bonchev–Trinajstić information content (AvgIpc) is 2.38. The lowest BCUT2D eigenvalue weighted by Gasteiger charge is -2.32. The third-order valence-electron chi connectivity index (χ3n) is 3.33. The lowest BCUT2D eigenvalue weighted by Crippen LogP contribution is -2.31. The number of carboxylic acids is 1. The number of carboxylic acid groups (broad SMARTS) is 1. The van der Waals surface area contributed by atoms with Crippen LogP contribution in [-0.4, -0.2) is 24.2 Å². The second-order valence-electron chi connectivity index (χ2n) is 4.51. The van der Waals surface area contributed by atoms with E-state index >= 15 is 0 Å². The zero-order chi connectivity index (χ0) is 13.0. The molecule has 0 aromatic heterocycles. The summed E-state index contributed by atoms with van der Waals surface area (Å²) in [7, 11) is 0. The summed E-state index contributed by atoms with van der Waals surface area (Å²) in [5.41, 5.74) is 2.48. The van der Waals surface area contributed by atoms with Gasteiger partial charge in [0.05, 0.1) is 5.56 Å². The number of unbranched alkanes of at least 4 members (excludes halogenated alkanes) is 1. The van der Waals surface area contributed by atoms with E-state index in [2.05, 4.69) is 10.8 Å². The molecule has 0 radical (unpaired) electrons. The van der Waals surface area contributed by atoms with Crippen molar-refractivity contribution in [2.45, 2.75) is 25.7 Å². The number of anilines is 1. The zero-order valence-corrected chi connectivity index (χ0v) is 10.4. The maximum absolute atomic E-state index is 11.2. The standard InChI is InChI=1S/C15H17NO2/c1-2-3-4-10-16-11-6-8-12-13(15(17)18)7-5-9-14(12)16/h1,5,7,9H,3-4,6,8,10-11H2,(H,17,18). The van der Waals surface area contributed by atoms with E-state index in [1.807, 2.05) is 12.1 Å². The Kier molecular flexibility index (Phi) is 3.88. The smallest absolute Gasteiger partial charge is 0.336 e. The molecule has 0 spiro atoms. The van der Waals surface area contributed by atoms with Gasteiger partial charge in [-0.15, -0.1) is 12.3 Å². The third-order valence-corrected chi connectivity index (χ3v) is 3.33. The predicted molar refractivity (Wildman–Crippen MR) is 72.0 cm³/mol. The molecule has 0 aliphatic carbocycles. The number of fused-ring (bicyclic) bond motifs is 1. The predicted octanol–water partition coefficient (Wildman–Crippen LogP) is 2.55. The molecule has 3 nitrogen and oxygen atoms in total. The van der Waals surface area contributed by atoms with E-state index in [-0.39, 0.29) is 0 Å². The van der Waals surface area contributed by atoms with Crippen LogP contribution < -0.4 is 4.90 Å². The SMILES string of the molecule is C#CCCCN1CCCc2c(C(=O)O)cccc21. The number of carbonyl (C=O) groups is 1. The van der Waals surface area contributed by atoms with E-state index in [9.17, 15) is 9.90 Å². The van der Waals surface area contributed by atoms with Crippen molar-refractivity contribution >= 4 is 11.7 Å². The summed E-state index contributed by atoms with van der Waals surface area (Å²) in [5.74, 6) is 1.80. The van der Waals surface area contributed by atoms with Gasteiger partial charge in [-0.1, -0.05) is 6.07 Å². The molecule has 0 saturated heterocycles. The Hall–Kier alpha value is -1.95. The van der Waals surface area contributed by atoms with Crippen molar-refractivity contribution in [3.8, 4) is 12.3 Å². The van der Waals surface area contributed by atoms with Gasteiger partial charge >= 0.3 is 5.97 Å². The first-order chi connectivity index (χ1) is 8.74. The first kappa shape index (κ1) is 12.5. The van der Waals surface area contributed by atoms with Crippen molar-refractivity contribution in [1.29, 1.82) is 0 Å². The number of aromatic carboxylic acids is 1. The van der Waals surface area contributed by atoms with Crippen LogP contribution in [0.3, 0.4) is 0 Å². The van der Waals surface area contributed by atoms with Gasteiger partial charge in [-0.05, 0) is 37.0 Å². The van der Waals surface area contributed by atoms with Crippen LogP contribution in [0.5, 0.6) is 0 Å². The van der Waals surface area contributed by atoms with Crippen molar-refractivity contribution < 1.29 is 9.90 Å². The van der Waals surface area contributed by atoms with Gasteiger partial charge in [0.15, 0.2) is 0 Å². The fourth-order valence-electron chi connectivity index (χ4n) is 2.51. The molecule has 0 fully saturated rings. The van der Waals surface area contributed by atoms with Gasteiger partial charge in [-0.3, -0.25) is 0 Å². The summed E-state index contributed by atoms with van der Waals surface area (Å²) >= 11 is 0. The van der Waals surface area contributed by atoms with Crippen LogP contribution in [0.15, 0.2) is 18.2 Å². The Balaban J connectivity index is 2.24. The highest BCUT2D eigenvalue weighted by molar-refractivity contribution is 5.91. The maximum atomic E-state index is 11.2. The topological polar surface area (TPSA) is 40.5 Å². The van der Waals surface area contributed by atoms with E-state index < -0.39 is 5.97 Å². The second-order valence-corrected chi connectivity index (χ2v) is 4.51. The van der Waals surface area contributed by atoms with Crippen LogP contribution >= 0.6 is 0 Å². The van der Waals surface area contributed by atoms with E-state index in [0.717, 1.165) is 50.0 Å². The van der Waals surface area contributed by atoms with Crippen LogP contribution in [0.2, 0.25) is 0 Å². The normalized spacial score (nSPS) is 13.8. The summed E-state index contributed by atoms with van der Waals surface area (Å²) in [5, 5.41) is 9.20. The number of hydrogen-bond acceptors (Lipinski definition) is 2. The highest BCUT2D eigenvalue weighted by Gasteiger charge is 2.21. The van der Waals surface area contributed by atoms with Crippen molar-refractivity contribution in [3.63, 3.8) is 0 Å². The van der Waals surface area contributed by atoms with E-state index in [0.29, 0.717) is 5.56 Å². The Morgan fingerprint density at radius 1 is 1.50 bits per heavy atom. The molecule has 0 unspecified atom stereocenters. The minimum absolute atomic E-state index is 0.439. The van der Waals surface area contributed by atoms with Crippen LogP contribution in [-0.2, 0) is 6.42 Å². The highest BCUT2D eigenvalue weighted by Crippen LogP contribution is 2.30. The van der Waals surface area contributed by atoms with Gasteiger partial charge in [-0.25, -0.2) is 4.79 Å². The molecule has 1 N–H and O–H groups in total. The monoisotopic (exact) mass is 243 g/mol. The fourth-order valence-corrected chi connectivity index (χ4v) is 2.51. The Morgan fingerprint density at radius 2 is 2.33 bits per heavy atom. The Bertz CT molecular complexity index is 488. The van der Waals surface area contributed by atoms with Crippen LogP contribution in [0, 0.1) is 12.3 Å². The first-order valence-electron chi connectivity index (χ1n) is 6.27. The third kappa shape index (κ3) is 2.48. The molecule has 1 heterocycles. The molecule has 3 heteroatoms. The molecule has 1 aliphatic rings.